The monoisotopic (exact) mass is 296 g/mol. The molecule has 0 spiro atoms. The molecule has 0 aliphatic rings. The summed E-state index contributed by atoms with van der Waals surface area (Å²) in [5, 5.41) is 6.30. The maximum Gasteiger partial charge on any atom is 0.251 e. The first-order valence-electron chi connectivity index (χ1n) is 7.72. The highest BCUT2D eigenvalue weighted by Crippen LogP contribution is 2.13. The van der Waals surface area contributed by atoms with E-state index in [1.165, 1.54) is 11.1 Å². The lowest BCUT2D eigenvalue weighted by molar-refractivity contribution is 0.0949. The summed E-state index contributed by atoms with van der Waals surface area (Å²) in [6.07, 6.45) is 0. The second kappa shape index (κ2) is 7.64. The molecule has 0 saturated carbocycles. The highest BCUT2D eigenvalue weighted by atomic mass is 16.1. The van der Waals surface area contributed by atoms with Crippen LogP contribution < -0.4 is 10.6 Å². The van der Waals surface area contributed by atoms with Gasteiger partial charge in [-0.2, -0.15) is 0 Å². The number of carbonyl (C=O) groups excluding carboxylic acids is 1. The van der Waals surface area contributed by atoms with Gasteiger partial charge in [-0.25, -0.2) is 0 Å². The molecular weight excluding hydrogens is 272 g/mol. The van der Waals surface area contributed by atoms with Crippen LogP contribution in [0.3, 0.4) is 0 Å². The van der Waals surface area contributed by atoms with Gasteiger partial charge >= 0.3 is 0 Å². The number of anilines is 1. The number of hydrogen-bond donors (Lipinski definition) is 2. The Bertz CT molecular complexity index is 618. The fourth-order valence-corrected chi connectivity index (χ4v) is 2.08. The summed E-state index contributed by atoms with van der Waals surface area (Å²) >= 11 is 0. The van der Waals surface area contributed by atoms with E-state index >= 15 is 0 Å². The summed E-state index contributed by atoms with van der Waals surface area (Å²) in [6.45, 7) is 7.69. The average Bonchev–Trinajstić information content (AvgIpc) is 2.52. The van der Waals surface area contributed by atoms with Gasteiger partial charge in [-0.15, -0.1) is 0 Å². The number of nitrogens with one attached hydrogen (secondary N) is 2. The first-order valence-corrected chi connectivity index (χ1v) is 7.72. The van der Waals surface area contributed by atoms with Crippen molar-refractivity contribution in [2.45, 2.75) is 27.3 Å². The fraction of sp³-hybridized carbons (Fsp3) is 0.316. The third kappa shape index (κ3) is 4.92. The Balaban J connectivity index is 1.96. The molecule has 0 heterocycles. The van der Waals surface area contributed by atoms with Crippen molar-refractivity contribution in [3.05, 3.63) is 65.2 Å². The number of aryl methyl sites for hydroxylation is 1. The van der Waals surface area contributed by atoms with Crippen LogP contribution in [0.1, 0.15) is 35.3 Å². The molecule has 3 heteroatoms. The predicted molar refractivity (Wildman–Crippen MR) is 92.1 cm³/mol. The van der Waals surface area contributed by atoms with E-state index in [1.807, 2.05) is 24.3 Å². The summed E-state index contributed by atoms with van der Waals surface area (Å²) in [4.78, 5) is 12.1. The van der Waals surface area contributed by atoms with E-state index in [0.717, 1.165) is 12.2 Å². The molecule has 0 radical (unpaired) electrons. The number of carbonyl (C=O) groups is 1. The third-order valence-electron chi connectivity index (χ3n) is 3.41. The zero-order valence-electron chi connectivity index (χ0n) is 13.5. The maximum absolute atomic E-state index is 12.1. The van der Waals surface area contributed by atoms with Crippen molar-refractivity contribution in [1.29, 1.82) is 0 Å². The topological polar surface area (TPSA) is 41.1 Å². The van der Waals surface area contributed by atoms with Crippen LogP contribution in [-0.4, -0.2) is 12.5 Å². The molecular formula is C19H24N2O. The SMILES string of the molecule is Cc1ccc(CNc2cccc(C(=O)NCC(C)C)c2)cc1. The van der Waals surface area contributed by atoms with Gasteiger partial charge in [0.2, 0.25) is 0 Å². The fourth-order valence-electron chi connectivity index (χ4n) is 2.08. The summed E-state index contributed by atoms with van der Waals surface area (Å²) < 4.78 is 0. The minimum absolute atomic E-state index is 0.0207. The molecule has 0 fully saturated rings. The van der Waals surface area contributed by atoms with Crippen molar-refractivity contribution < 1.29 is 4.79 Å². The largest absolute Gasteiger partial charge is 0.381 e. The Labute approximate surface area is 132 Å². The first kappa shape index (κ1) is 16.1. The molecule has 116 valence electrons. The van der Waals surface area contributed by atoms with Crippen LogP contribution in [0.5, 0.6) is 0 Å². The van der Waals surface area contributed by atoms with E-state index in [0.29, 0.717) is 18.0 Å². The van der Waals surface area contributed by atoms with Gasteiger partial charge in [-0.05, 0) is 36.6 Å². The van der Waals surface area contributed by atoms with Crippen LogP contribution in [0.15, 0.2) is 48.5 Å². The van der Waals surface area contributed by atoms with Crippen LogP contribution in [0.4, 0.5) is 5.69 Å². The van der Waals surface area contributed by atoms with Gasteiger partial charge in [-0.1, -0.05) is 49.7 Å². The van der Waals surface area contributed by atoms with Crippen molar-refractivity contribution in [3.63, 3.8) is 0 Å². The Morgan fingerprint density at radius 3 is 2.50 bits per heavy atom. The smallest absolute Gasteiger partial charge is 0.251 e. The highest BCUT2D eigenvalue weighted by Gasteiger charge is 2.06. The lowest BCUT2D eigenvalue weighted by Gasteiger charge is -2.10. The third-order valence-corrected chi connectivity index (χ3v) is 3.41. The van der Waals surface area contributed by atoms with Gasteiger partial charge in [0.05, 0.1) is 0 Å². The van der Waals surface area contributed by atoms with Gasteiger partial charge in [0.25, 0.3) is 5.91 Å². The lowest BCUT2D eigenvalue weighted by atomic mass is 10.1. The van der Waals surface area contributed by atoms with Gasteiger partial charge in [0, 0.05) is 24.3 Å². The Kier molecular flexibility index (Phi) is 5.59. The molecule has 0 aliphatic heterocycles. The minimum Gasteiger partial charge on any atom is -0.381 e. The number of benzene rings is 2. The quantitative estimate of drug-likeness (QED) is 0.846. The first-order chi connectivity index (χ1) is 10.5. The molecule has 22 heavy (non-hydrogen) atoms. The number of hydrogen-bond acceptors (Lipinski definition) is 2. The molecule has 2 aromatic carbocycles. The molecule has 0 saturated heterocycles. The van der Waals surface area contributed by atoms with Gasteiger partial charge in [-0.3, -0.25) is 4.79 Å². The molecule has 3 nitrogen and oxygen atoms in total. The van der Waals surface area contributed by atoms with Gasteiger partial charge in [0.15, 0.2) is 0 Å². The molecule has 2 N–H and O–H groups in total. The minimum atomic E-state index is -0.0207. The molecule has 0 aromatic heterocycles. The molecule has 2 rings (SSSR count). The Hall–Kier alpha value is -2.29. The molecule has 0 bridgehead atoms. The van der Waals surface area contributed by atoms with Crippen molar-refractivity contribution in [1.82, 2.24) is 5.32 Å². The highest BCUT2D eigenvalue weighted by molar-refractivity contribution is 5.95. The zero-order valence-corrected chi connectivity index (χ0v) is 13.5. The van der Waals surface area contributed by atoms with Gasteiger partial charge < -0.3 is 10.6 Å². The molecule has 0 atom stereocenters. The van der Waals surface area contributed by atoms with Crippen LogP contribution in [0.2, 0.25) is 0 Å². The summed E-state index contributed by atoms with van der Waals surface area (Å²) in [5.41, 5.74) is 4.13. The van der Waals surface area contributed by atoms with E-state index in [4.69, 9.17) is 0 Å². The second-order valence-corrected chi connectivity index (χ2v) is 6.02. The zero-order chi connectivity index (χ0) is 15.9. The van der Waals surface area contributed by atoms with E-state index in [1.54, 1.807) is 0 Å². The molecule has 1 amide bonds. The molecule has 2 aromatic rings. The van der Waals surface area contributed by atoms with E-state index in [9.17, 15) is 4.79 Å². The maximum atomic E-state index is 12.1. The predicted octanol–water partition coefficient (Wildman–Crippen LogP) is 3.99. The van der Waals surface area contributed by atoms with E-state index < -0.39 is 0 Å². The standard InChI is InChI=1S/C19H24N2O/c1-14(2)12-21-19(22)17-5-4-6-18(11-17)20-13-16-9-7-15(3)8-10-16/h4-11,14,20H,12-13H2,1-3H3,(H,21,22). The molecule has 0 aliphatic carbocycles. The number of amides is 1. The second-order valence-electron chi connectivity index (χ2n) is 6.02. The van der Waals surface area contributed by atoms with Gasteiger partial charge in [0.1, 0.15) is 0 Å². The van der Waals surface area contributed by atoms with Crippen molar-refractivity contribution in [2.75, 3.05) is 11.9 Å². The van der Waals surface area contributed by atoms with Crippen LogP contribution in [0, 0.1) is 12.8 Å². The van der Waals surface area contributed by atoms with Crippen LogP contribution in [0.25, 0.3) is 0 Å². The van der Waals surface area contributed by atoms with Crippen molar-refractivity contribution >= 4 is 11.6 Å². The Morgan fingerprint density at radius 1 is 1.09 bits per heavy atom. The average molecular weight is 296 g/mol. The van der Waals surface area contributed by atoms with E-state index in [2.05, 4.69) is 55.7 Å². The number of rotatable bonds is 6. The molecule has 0 unspecified atom stereocenters. The van der Waals surface area contributed by atoms with Crippen LogP contribution >= 0.6 is 0 Å². The summed E-state index contributed by atoms with van der Waals surface area (Å²) in [6, 6.07) is 16.0. The lowest BCUT2D eigenvalue weighted by Crippen LogP contribution is -2.27. The summed E-state index contributed by atoms with van der Waals surface area (Å²) in [7, 11) is 0. The summed E-state index contributed by atoms with van der Waals surface area (Å²) in [5.74, 6) is 0.430. The van der Waals surface area contributed by atoms with Crippen molar-refractivity contribution in [2.24, 2.45) is 5.92 Å². The van der Waals surface area contributed by atoms with Crippen molar-refractivity contribution in [3.8, 4) is 0 Å². The Morgan fingerprint density at radius 2 is 1.82 bits per heavy atom. The van der Waals surface area contributed by atoms with E-state index in [-0.39, 0.29) is 5.91 Å². The van der Waals surface area contributed by atoms with Crippen LogP contribution in [-0.2, 0) is 6.54 Å². The normalized spacial score (nSPS) is 10.5.